The smallest absolute Gasteiger partial charge is 0.254 e. The summed E-state index contributed by atoms with van der Waals surface area (Å²) in [5.74, 6) is -0.0383. The van der Waals surface area contributed by atoms with E-state index in [1.54, 1.807) is 12.0 Å². The number of ether oxygens (including phenoxy) is 1. The number of carbonyl (C=O) groups excluding carboxylic acids is 1. The number of hydrogen-bond donors (Lipinski definition) is 1. The van der Waals surface area contributed by atoms with Crippen molar-refractivity contribution in [2.45, 2.75) is 25.5 Å². The van der Waals surface area contributed by atoms with Crippen LogP contribution in [-0.2, 0) is 4.74 Å². The molecule has 0 aliphatic carbocycles. The minimum Gasteiger partial charge on any atom is -0.394 e. The van der Waals surface area contributed by atoms with Gasteiger partial charge in [0.25, 0.3) is 5.91 Å². The number of aryl methyl sites for hydroxylation is 1. The van der Waals surface area contributed by atoms with Crippen LogP contribution in [0.15, 0.2) is 22.7 Å². The van der Waals surface area contributed by atoms with Crippen LogP contribution >= 0.6 is 15.9 Å². The van der Waals surface area contributed by atoms with Crippen molar-refractivity contribution in [3.63, 3.8) is 0 Å². The minimum atomic E-state index is -0.152. The Morgan fingerprint density at radius 3 is 2.89 bits per heavy atom. The summed E-state index contributed by atoms with van der Waals surface area (Å²) in [6, 6.07) is 5.44. The largest absolute Gasteiger partial charge is 0.394 e. The minimum absolute atomic E-state index is 0.0110. The van der Waals surface area contributed by atoms with Crippen LogP contribution in [-0.4, -0.2) is 48.3 Å². The molecule has 1 aliphatic heterocycles. The summed E-state index contributed by atoms with van der Waals surface area (Å²) in [6.07, 6.45) is 0.700. The Morgan fingerprint density at radius 2 is 2.32 bits per heavy atom. The number of nitrogens with zero attached hydrogens (tertiary/aromatic N) is 1. The van der Waals surface area contributed by atoms with E-state index >= 15 is 0 Å². The highest BCUT2D eigenvalue weighted by molar-refractivity contribution is 9.10. The molecule has 19 heavy (non-hydrogen) atoms. The summed E-state index contributed by atoms with van der Waals surface area (Å²) < 4.78 is 6.25. The Bertz CT molecular complexity index is 478. The van der Waals surface area contributed by atoms with Crippen LogP contribution in [0.2, 0.25) is 0 Å². The van der Waals surface area contributed by atoms with Gasteiger partial charge in [0.05, 0.1) is 18.8 Å². The van der Waals surface area contributed by atoms with Gasteiger partial charge in [0.15, 0.2) is 0 Å². The number of aliphatic hydroxyl groups is 1. The number of hydrogen-bond acceptors (Lipinski definition) is 3. The zero-order valence-electron chi connectivity index (χ0n) is 11.1. The number of benzene rings is 1. The number of rotatable bonds is 3. The van der Waals surface area contributed by atoms with Crippen LogP contribution in [0.5, 0.6) is 0 Å². The molecule has 0 bridgehead atoms. The Morgan fingerprint density at radius 1 is 1.58 bits per heavy atom. The predicted molar refractivity (Wildman–Crippen MR) is 76.2 cm³/mol. The molecular weight excluding hydrogens is 310 g/mol. The molecule has 1 heterocycles. The molecule has 0 spiro atoms. The number of amides is 1. The first-order chi connectivity index (χ1) is 9.06. The van der Waals surface area contributed by atoms with E-state index < -0.39 is 0 Å². The second-order valence-corrected chi connectivity index (χ2v) is 5.76. The summed E-state index contributed by atoms with van der Waals surface area (Å²) in [5.41, 5.74) is 1.61. The fourth-order valence-electron chi connectivity index (χ4n) is 2.49. The number of likely N-dealkylation sites (tertiary alicyclic amines) is 1. The summed E-state index contributed by atoms with van der Waals surface area (Å²) in [7, 11) is 1.64. The summed E-state index contributed by atoms with van der Waals surface area (Å²) in [6.45, 7) is 2.42. The third-order valence-corrected chi connectivity index (χ3v) is 4.09. The molecule has 0 unspecified atom stereocenters. The van der Waals surface area contributed by atoms with E-state index in [-0.39, 0.29) is 24.7 Å². The zero-order chi connectivity index (χ0) is 14.0. The molecule has 4 nitrogen and oxygen atoms in total. The van der Waals surface area contributed by atoms with E-state index in [1.165, 1.54) is 0 Å². The van der Waals surface area contributed by atoms with Crippen molar-refractivity contribution in [1.82, 2.24) is 4.90 Å². The van der Waals surface area contributed by atoms with Crippen LogP contribution in [0.3, 0.4) is 0 Å². The SMILES string of the molecule is CO[C@@H]1C[C@@H](CO)N(C(=O)c2ccc(Br)cc2C)C1. The van der Waals surface area contributed by atoms with Gasteiger partial charge in [0.2, 0.25) is 0 Å². The van der Waals surface area contributed by atoms with Gasteiger partial charge in [-0.15, -0.1) is 0 Å². The maximum absolute atomic E-state index is 12.6. The van der Waals surface area contributed by atoms with Gasteiger partial charge in [0.1, 0.15) is 0 Å². The first-order valence-corrected chi connectivity index (χ1v) is 7.07. The fourth-order valence-corrected chi connectivity index (χ4v) is 2.96. The van der Waals surface area contributed by atoms with Gasteiger partial charge < -0.3 is 14.7 Å². The number of methoxy groups -OCH3 is 1. The zero-order valence-corrected chi connectivity index (χ0v) is 12.7. The number of halogens is 1. The third-order valence-electron chi connectivity index (χ3n) is 3.60. The molecule has 0 saturated carbocycles. The molecule has 1 fully saturated rings. The summed E-state index contributed by atoms with van der Waals surface area (Å²) in [4.78, 5) is 14.3. The number of carbonyl (C=O) groups is 1. The highest BCUT2D eigenvalue weighted by atomic mass is 79.9. The molecule has 5 heteroatoms. The van der Waals surface area contributed by atoms with E-state index in [4.69, 9.17) is 4.74 Å². The molecule has 1 aliphatic rings. The van der Waals surface area contributed by atoms with Crippen molar-refractivity contribution in [3.05, 3.63) is 33.8 Å². The fraction of sp³-hybridized carbons (Fsp3) is 0.500. The van der Waals surface area contributed by atoms with Gasteiger partial charge in [-0.25, -0.2) is 0 Å². The lowest BCUT2D eigenvalue weighted by atomic mass is 10.1. The van der Waals surface area contributed by atoms with Gasteiger partial charge in [-0.3, -0.25) is 4.79 Å². The van der Waals surface area contributed by atoms with Crippen LogP contribution in [0.4, 0.5) is 0 Å². The average molecular weight is 328 g/mol. The molecular formula is C14H18BrNO3. The maximum Gasteiger partial charge on any atom is 0.254 e. The van der Waals surface area contributed by atoms with E-state index in [0.29, 0.717) is 18.5 Å². The molecule has 1 saturated heterocycles. The van der Waals surface area contributed by atoms with Gasteiger partial charge in [-0.05, 0) is 37.1 Å². The predicted octanol–water partition coefficient (Wildman–Crippen LogP) is 1.98. The second-order valence-electron chi connectivity index (χ2n) is 4.85. The topological polar surface area (TPSA) is 49.8 Å². The van der Waals surface area contributed by atoms with Crippen molar-refractivity contribution in [2.24, 2.45) is 0 Å². The third kappa shape index (κ3) is 2.99. The Hall–Kier alpha value is -0.910. The second kappa shape index (κ2) is 6.03. The first-order valence-electron chi connectivity index (χ1n) is 6.27. The quantitative estimate of drug-likeness (QED) is 0.923. The molecule has 104 valence electrons. The Labute approximate surface area is 121 Å². The van der Waals surface area contributed by atoms with E-state index in [0.717, 1.165) is 10.0 Å². The molecule has 1 N–H and O–H groups in total. The Balaban J connectivity index is 2.23. The normalized spacial score (nSPS) is 22.8. The number of aliphatic hydroxyl groups excluding tert-OH is 1. The van der Waals surface area contributed by atoms with Crippen molar-refractivity contribution in [3.8, 4) is 0 Å². The van der Waals surface area contributed by atoms with Gasteiger partial charge in [0, 0.05) is 23.7 Å². The van der Waals surface area contributed by atoms with Gasteiger partial charge >= 0.3 is 0 Å². The standard InChI is InChI=1S/C14H18BrNO3/c1-9-5-10(15)3-4-13(9)14(18)16-7-12(19-2)6-11(16)8-17/h3-5,11-12,17H,6-8H2,1-2H3/t11-,12+/m0/s1. The van der Waals surface area contributed by atoms with Gasteiger partial charge in [-0.2, -0.15) is 0 Å². The lowest BCUT2D eigenvalue weighted by molar-refractivity contribution is 0.0647. The maximum atomic E-state index is 12.6. The van der Waals surface area contributed by atoms with Crippen molar-refractivity contribution < 1.29 is 14.6 Å². The molecule has 1 aromatic carbocycles. The lowest BCUT2D eigenvalue weighted by Crippen LogP contribution is -2.38. The van der Waals surface area contributed by atoms with Crippen molar-refractivity contribution >= 4 is 21.8 Å². The van der Waals surface area contributed by atoms with E-state index in [1.807, 2.05) is 25.1 Å². The lowest BCUT2D eigenvalue weighted by Gasteiger charge is -2.23. The Kier molecular flexibility index (Phi) is 4.60. The van der Waals surface area contributed by atoms with Crippen molar-refractivity contribution in [2.75, 3.05) is 20.3 Å². The molecule has 1 aromatic rings. The van der Waals surface area contributed by atoms with E-state index in [9.17, 15) is 9.90 Å². The van der Waals surface area contributed by atoms with Gasteiger partial charge in [-0.1, -0.05) is 15.9 Å². The molecule has 0 radical (unpaired) electrons. The molecule has 2 rings (SSSR count). The monoisotopic (exact) mass is 327 g/mol. The highest BCUT2D eigenvalue weighted by Crippen LogP contribution is 2.24. The average Bonchev–Trinajstić information content (AvgIpc) is 2.81. The van der Waals surface area contributed by atoms with Crippen LogP contribution in [0, 0.1) is 6.92 Å². The molecule has 0 aromatic heterocycles. The van der Waals surface area contributed by atoms with Crippen LogP contribution < -0.4 is 0 Å². The first kappa shape index (κ1) is 14.5. The van der Waals surface area contributed by atoms with E-state index in [2.05, 4.69) is 15.9 Å². The van der Waals surface area contributed by atoms with Crippen LogP contribution in [0.1, 0.15) is 22.3 Å². The van der Waals surface area contributed by atoms with Crippen molar-refractivity contribution in [1.29, 1.82) is 0 Å². The summed E-state index contributed by atoms with van der Waals surface area (Å²) >= 11 is 3.39. The van der Waals surface area contributed by atoms with Crippen LogP contribution in [0.25, 0.3) is 0 Å². The molecule has 1 amide bonds. The molecule has 2 atom stereocenters. The summed E-state index contributed by atoms with van der Waals surface area (Å²) in [5, 5.41) is 9.40. The highest BCUT2D eigenvalue weighted by Gasteiger charge is 2.35.